The summed E-state index contributed by atoms with van der Waals surface area (Å²) in [5.41, 5.74) is 0.454. The summed E-state index contributed by atoms with van der Waals surface area (Å²) in [5, 5.41) is 15.0. The predicted octanol–water partition coefficient (Wildman–Crippen LogP) is 6.10. The normalized spacial score (nSPS) is 12.5. The number of alkyl halides is 3. The molecule has 7 nitrogen and oxygen atoms in total. The highest BCUT2D eigenvalue weighted by atomic mass is 19.4. The number of pyridine rings is 1. The molecule has 2 aromatic heterocycles. The number of halogens is 3. The Morgan fingerprint density at radius 1 is 1.06 bits per heavy atom. The summed E-state index contributed by atoms with van der Waals surface area (Å²) < 4.78 is 40.0. The summed E-state index contributed by atoms with van der Waals surface area (Å²) >= 11 is 0. The molecular formula is C23H18F3N5O2. The number of anilines is 1. The number of hydrogen-bond acceptors (Lipinski definition) is 6. The summed E-state index contributed by atoms with van der Waals surface area (Å²) in [6.45, 7) is 3.32. The van der Waals surface area contributed by atoms with Crippen LogP contribution in [0.3, 0.4) is 0 Å². The minimum absolute atomic E-state index is 0.108. The van der Waals surface area contributed by atoms with Gasteiger partial charge in [-0.25, -0.2) is 9.97 Å². The Kier molecular flexibility index (Phi) is 5.67. The first kappa shape index (κ1) is 22.1. The molecule has 2 aromatic carbocycles. The molecule has 0 aliphatic carbocycles. The molecule has 0 fully saturated rings. The van der Waals surface area contributed by atoms with E-state index in [0.29, 0.717) is 34.3 Å². The summed E-state index contributed by atoms with van der Waals surface area (Å²) in [4.78, 5) is 23.7. The van der Waals surface area contributed by atoms with Gasteiger partial charge < -0.3 is 5.32 Å². The molecule has 0 aliphatic rings. The summed E-state index contributed by atoms with van der Waals surface area (Å²) in [5.74, 6) is 0.858. The van der Waals surface area contributed by atoms with E-state index in [9.17, 15) is 23.3 Å². The van der Waals surface area contributed by atoms with Crippen molar-refractivity contribution in [1.82, 2.24) is 15.0 Å². The number of aryl methyl sites for hydroxylation is 1. The third-order valence-electron chi connectivity index (χ3n) is 5.11. The Balaban J connectivity index is 1.83. The van der Waals surface area contributed by atoms with Gasteiger partial charge in [0.25, 0.3) is 5.69 Å². The number of fused-ring (bicyclic) bond motifs is 1. The number of nitro benzene ring substituents is 1. The van der Waals surface area contributed by atoms with Crippen LogP contribution in [0.2, 0.25) is 0 Å². The zero-order chi connectivity index (χ0) is 23.8. The van der Waals surface area contributed by atoms with Gasteiger partial charge in [-0.15, -0.1) is 0 Å². The van der Waals surface area contributed by atoms with E-state index in [2.05, 4.69) is 20.3 Å². The van der Waals surface area contributed by atoms with Gasteiger partial charge in [-0.2, -0.15) is 13.2 Å². The van der Waals surface area contributed by atoms with Gasteiger partial charge in [-0.3, -0.25) is 15.1 Å². The maximum atomic E-state index is 13.3. The summed E-state index contributed by atoms with van der Waals surface area (Å²) in [6, 6.07) is 12.8. The Morgan fingerprint density at radius 3 is 2.52 bits per heavy atom. The van der Waals surface area contributed by atoms with E-state index in [0.717, 1.165) is 17.7 Å². The molecule has 0 saturated heterocycles. The van der Waals surface area contributed by atoms with Crippen molar-refractivity contribution in [3.8, 4) is 11.3 Å². The fraction of sp³-hybridized carbons (Fsp3) is 0.174. The quantitative estimate of drug-likeness (QED) is 0.290. The maximum absolute atomic E-state index is 13.3. The molecule has 0 saturated carbocycles. The van der Waals surface area contributed by atoms with Crippen molar-refractivity contribution in [2.75, 3.05) is 5.32 Å². The van der Waals surface area contributed by atoms with Crippen LogP contribution in [0.15, 0.2) is 60.8 Å². The number of nitrogens with zero attached hydrogens (tertiary/aromatic N) is 4. The van der Waals surface area contributed by atoms with E-state index < -0.39 is 28.4 Å². The predicted molar refractivity (Wildman–Crippen MR) is 118 cm³/mol. The fourth-order valence-electron chi connectivity index (χ4n) is 3.58. The van der Waals surface area contributed by atoms with Crippen LogP contribution in [0.25, 0.3) is 22.2 Å². The van der Waals surface area contributed by atoms with Gasteiger partial charge in [0.05, 0.1) is 33.1 Å². The monoisotopic (exact) mass is 453 g/mol. The molecule has 2 heterocycles. The zero-order valence-corrected chi connectivity index (χ0v) is 17.6. The van der Waals surface area contributed by atoms with Gasteiger partial charge in [0, 0.05) is 23.9 Å². The van der Waals surface area contributed by atoms with Crippen LogP contribution in [0, 0.1) is 17.0 Å². The Morgan fingerprint density at radius 2 is 1.85 bits per heavy atom. The first-order chi connectivity index (χ1) is 15.6. The average molecular weight is 453 g/mol. The molecule has 0 amide bonds. The molecule has 0 spiro atoms. The van der Waals surface area contributed by atoms with Crippen molar-refractivity contribution in [3.63, 3.8) is 0 Å². The van der Waals surface area contributed by atoms with Crippen LogP contribution < -0.4 is 5.32 Å². The molecule has 1 unspecified atom stereocenters. The van der Waals surface area contributed by atoms with E-state index >= 15 is 0 Å². The molecule has 4 rings (SSSR count). The molecule has 0 radical (unpaired) electrons. The summed E-state index contributed by atoms with van der Waals surface area (Å²) in [6.07, 6.45) is -3.06. The largest absolute Gasteiger partial charge is 0.416 e. The number of nitro groups is 1. The van der Waals surface area contributed by atoms with Crippen molar-refractivity contribution in [1.29, 1.82) is 0 Å². The molecule has 168 valence electrons. The lowest BCUT2D eigenvalue weighted by Gasteiger charge is -2.19. The fourth-order valence-corrected chi connectivity index (χ4v) is 3.58. The number of hydrogen-bond donors (Lipinski definition) is 1. The summed E-state index contributed by atoms with van der Waals surface area (Å²) in [7, 11) is 0. The molecule has 0 bridgehead atoms. The third kappa shape index (κ3) is 4.59. The van der Waals surface area contributed by atoms with Crippen molar-refractivity contribution in [2.24, 2.45) is 0 Å². The molecular weight excluding hydrogens is 435 g/mol. The molecule has 1 atom stereocenters. The van der Waals surface area contributed by atoms with Gasteiger partial charge >= 0.3 is 6.18 Å². The van der Waals surface area contributed by atoms with E-state index in [1.165, 1.54) is 0 Å². The minimum Gasteiger partial charge on any atom is -0.363 e. The van der Waals surface area contributed by atoms with Crippen molar-refractivity contribution >= 4 is 22.4 Å². The zero-order valence-electron chi connectivity index (χ0n) is 17.6. The highest BCUT2D eigenvalue weighted by Crippen LogP contribution is 2.36. The second kappa shape index (κ2) is 8.45. The number of aromatic nitrogens is 3. The van der Waals surface area contributed by atoms with Crippen LogP contribution in [0.1, 0.15) is 29.9 Å². The van der Waals surface area contributed by atoms with Crippen LogP contribution in [0.4, 0.5) is 24.7 Å². The number of non-ortho nitro benzene ring substituents is 1. The van der Waals surface area contributed by atoms with Crippen LogP contribution in [-0.4, -0.2) is 19.9 Å². The smallest absolute Gasteiger partial charge is 0.363 e. The molecule has 4 aromatic rings. The highest BCUT2D eigenvalue weighted by Gasteiger charge is 2.33. The van der Waals surface area contributed by atoms with E-state index in [1.807, 2.05) is 24.3 Å². The lowest BCUT2D eigenvalue weighted by Crippen LogP contribution is -2.13. The molecule has 1 N–H and O–H groups in total. The standard InChI is InChI=1S/C23H18F3N5O2/c1-13(15-10-16(23(24,25)26)12-17(11-15)31(32)33)28-22-21-18(19-7-3-4-9-27-19)6-5-8-20(21)29-14(2)30-22/h3-13H,1-2H3,(H,28,29,30). The van der Waals surface area contributed by atoms with E-state index in [1.54, 1.807) is 32.2 Å². The van der Waals surface area contributed by atoms with Gasteiger partial charge in [-0.1, -0.05) is 18.2 Å². The lowest BCUT2D eigenvalue weighted by molar-refractivity contribution is -0.385. The Bertz CT molecular complexity index is 1340. The topological polar surface area (TPSA) is 93.8 Å². The van der Waals surface area contributed by atoms with Gasteiger partial charge in [-0.05, 0) is 43.7 Å². The van der Waals surface area contributed by atoms with Crippen LogP contribution in [-0.2, 0) is 6.18 Å². The van der Waals surface area contributed by atoms with Crippen molar-refractivity contribution in [2.45, 2.75) is 26.1 Å². The Labute approximate surface area is 186 Å². The van der Waals surface area contributed by atoms with E-state index in [-0.39, 0.29) is 5.56 Å². The minimum atomic E-state index is -4.72. The van der Waals surface area contributed by atoms with Gasteiger partial charge in [0.1, 0.15) is 11.6 Å². The Hall–Kier alpha value is -4.08. The number of nitrogens with one attached hydrogen (secondary N) is 1. The molecule has 33 heavy (non-hydrogen) atoms. The van der Waals surface area contributed by atoms with Crippen LogP contribution in [0.5, 0.6) is 0 Å². The average Bonchev–Trinajstić information content (AvgIpc) is 2.78. The SMILES string of the molecule is Cc1nc(NC(C)c2cc([N+](=O)[O-])cc(C(F)(F)F)c2)c2c(-c3ccccn3)cccc2n1. The van der Waals surface area contributed by atoms with Gasteiger partial charge in [0.15, 0.2) is 0 Å². The van der Waals surface area contributed by atoms with Crippen molar-refractivity contribution < 1.29 is 18.1 Å². The van der Waals surface area contributed by atoms with E-state index in [4.69, 9.17) is 0 Å². The highest BCUT2D eigenvalue weighted by molar-refractivity contribution is 6.01. The maximum Gasteiger partial charge on any atom is 0.416 e. The second-order valence-electron chi connectivity index (χ2n) is 7.47. The first-order valence-corrected chi connectivity index (χ1v) is 9.95. The first-order valence-electron chi connectivity index (χ1n) is 9.95. The second-order valence-corrected chi connectivity index (χ2v) is 7.47. The van der Waals surface area contributed by atoms with Crippen molar-refractivity contribution in [3.05, 3.63) is 87.9 Å². The number of benzene rings is 2. The van der Waals surface area contributed by atoms with Crippen LogP contribution >= 0.6 is 0 Å². The molecule has 0 aliphatic heterocycles. The number of rotatable bonds is 5. The molecule has 10 heteroatoms. The third-order valence-corrected chi connectivity index (χ3v) is 5.11. The lowest BCUT2D eigenvalue weighted by atomic mass is 10.0. The van der Waals surface area contributed by atoms with Gasteiger partial charge in [0.2, 0.25) is 0 Å².